The van der Waals surface area contributed by atoms with E-state index in [0.717, 1.165) is 44.7 Å². The molecule has 0 atom stereocenters. The van der Waals surface area contributed by atoms with Gasteiger partial charge in [-0.05, 0) is 49.2 Å². The minimum absolute atomic E-state index is 0.147. The van der Waals surface area contributed by atoms with Crippen LogP contribution in [0.5, 0.6) is 0 Å². The van der Waals surface area contributed by atoms with E-state index < -0.39 is 0 Å². The minimum atomic E-state index is -0.147. The molecule has 0 bridgehead atoms. The molecule has 2 heterocycles. The number of H-pyrrole nitrogens is 1. The first kappa shape index (κ1) is 17.4. The predicted molar refractivity (Wildman–Crippen MR) is 108 cm³/mol. The number of nitrogens with one attached hydrogen (secondary N) is 2. The molecule has 0 fully saturated rings. The van der Waals surface area contributed by atoms with Gasteiger partial charge in [-0.2, -0.15) is 0 Å². The molecule has 136 valence electrons. The average molecular weight is 380 g/mol. The number of aromatic amines is 1. The Balaban J connectivity index is 1.75. The van der Waals surface area contributed by atoms with E-state index in [1.807, 2.05) is 56.3 Å². The van der Waals surface area contributed by atoms with Gasteiger partial charge in [-0.1, -0.05) is 35.0 Å². The summed E-state index contributed by atoms with van der Waals surface area (Å²) in [6, 6.07) is 15.1. The summed E-state index contributed by atoms with van der Waals surface area (Å²) in [5.41, 5.74) is 5.30. The summed E-state index contributed by atoms with van der Waals surface area (Å²) in [6.45, 7) is 4.40. The van der Waals surface area contributed by atoms with Gasteiger partial charge in [-0.15, -0.1) is 0 Å². The molecule has 0 aliphatic carbocycles. The summed E-state index contributed by atoms with van der Waals surface area (Å²) >= 11 is 5.94. The zero-order valence-corrected chi connectivity index (χ0v) is 15.7. The second kappa shape index (κ2) is 6.93. The molecule has 0 aliphatic rings. The SMILES string of the molecule is Cc1noc(C)c1-c1ccc2[nH]c(=O)cc(NCc3ccc(Cl)cc3)c2c1. The number of hydrogen-bond donors (Lipinski definition) is 2. The van der Waals surface area contributed by atoms with Crippen LogP contribution in [0.3, 0.4) is 0 Å². The maximum atomic E-state index is 12.0. The predicted octanol–water partition coefficient (Wildman–Crippen LogP) is 5.07. The Bertz CT molecular complexity index is 1160. The first-order valence-electron chi connectivity index (χ1n) is 8.60. The second-order valence-corrected chi connectivity index (χ2v) is 6.92. The molecule has 0 unspecified atom stereocenters. The Kier molecular flexibility index (Phi) is 4.46. The molecule has 2 N–H and O–H groups in total. The fraction of sp³-hybridized carbons (Fsp3) is 0.143. The highest BCUT2D eigenvalue weighted by Gasteiger charge is 2.13. The molecule has 2 aromatic heterocycles. The number of hydrogen-bond acceptors (Lipinski definition) is 4. The van der Waals surface area contributed by atoms with Crippen molar-refractivity contribution >= 4 is 28.2 Å². The number of halogens is 1. The van der Waals surface area contributed by atoms with E-state index in [9.17, 15) is 4.79 Å². The highest BCUT2D eigenvalue weighted by Crippen LogP contribution is 2.31. The number of aryl methyl sites for hydroxylation is 2. The van der Waals surface area contributed by atoms with Crippen molar-refractivity contribution < 1.29 is 4.52 Å². The molecule has 5 nitrogen and oxygen atoms in total. The van der Waals surface area contributed by atoms with Crippen LogP contribution in [0.15, 0.2) is 57.8 Å². The number of benzene rings is 2. The quantitative estimate of drug-likeness (QED) is 0.519. The van der Waals surface area contributed by atoms with Crippen LogP contribution in [0.4, 0.5) is 5.69 Å². The lowest BCUT2D eigenvalue weighted by atomic mass is 10.0. The van der Waals surface area contributed by atoms with Gasteiger partial charge in [0.1, 0.15) is 5.76 Å². The van der Waals surface area contributed by atoms with Crippen molar-refractivity contribution in [3.8, 4) is 11.1 Å². The molecule has 6 heteroatoms. The molecule has 0 saturated carbocycles. The van der Waals surface area contributed by atoms with Gasteiger partial charge < -0.3 is 14.8 Å². The number of anilines is 1. The fourth-order valence-electron chi connectivity index (χ4n) is 3.25. The minimum Gasteiger partial charge on any atom is -0.380 e. The molecule has 0 spiro atoms. The molecule has 0 saturated heterocycles. The summed E-state index contributed by atoms with van der Waals surface area (Å²) in [5.74, 6) is 0.770. The lowest BCUT2D eigenvalue weighted by molar-refractivity contribution is 0.393. The molecular formula is C21H18ClN3O2. The third-order valence-electron chi connectivity index (χ3n) is 4.56. The largest absolute Gasteiger partial charge is 0.380 e. The van der Waals surface area contributed by atoms with Gasteiger partial charge in [0, 0.05) is 34.3 Å². The van der Waals surface area contributed by atoms with Crippen LogP contribution < -0.4 is 10.9 Å². The molecule has 2 aromatic carbocycles. The highest BCUT2D eigenvalue weighted by molar-refractivity contribution is 6.30. The van der Waals surface area contributed by atoms with Crippen molar-refractivity contribution in [3.63, 3.8) is 0 Å². The van der Waals surface area contributed by atoms with Crippen molar-refractivity contribution in [1.82, 2.24) is 10.1 Å². The number of nitrogens with zero attached hydrogens (tertiary/aromatic N) is 1. The summed E-state index contributed by atoms with van der Waals surface area (Å²) in [7, 11) is 0. The first-order valence-corrected chi connectivity index (χ1v) is 8.98. The molecule has 27 heavy (non-hydrogen) atoms. The summed E-state index contributed by atoms with van der Waals surface area (Å²) < 4.78 is 5.29. The van der Waals surface area contributed by atoms with Gasteiger partial charge >= 0.3 is 0 Å². The second-order valence-electron chi connectivity index (χ2n) is 6.49. The van der Waals surface area contributed by atoms with Crippen LogP contribution in [0, 0.1) is 13.8 Å². The van der Waals surface area contributed by atoms with E-state index in [0.29, 0.717) is 11.6 Å². The van der Waals surface area contributed by atoms with E-state index in [1.54, 1.807) is 6.07 Å². The topological polar surface area (TPSA) is 70.9 Å². The van der Waals surface area contributed by atoms with Crippen LogP contribution in [-0.4, -0.2) is 10.1 Å². The van der Waals surface area contributed by atoms with Gasteiger partial charge in [0.15, 0.2) is 0 Å². The smallest absolute Gasteiger partial charge is 0.250 e. The van der Waals surface area contributed by atoms with E-state index in [4.69, 9.17) is 16.1 Å². The van der Waals surface area contributed by atoms with Gasteiger partial charge in [0.05, 0.1) is 11.2 Å². The Morgan fingerprint density at radius 1 is 1.11 bits per heavy atom. The average Bonchev–Trinajstić information content (AvgIpc) is 2.99. The van der Waals surface area contributed by atoms with Crippen LogP contribution in [0.25, 0.3) is 22.0 Å². The van der Waals surface area contributed by atoms with Gasteiger partial charge in [-0.3, -0.25) is 4.79 Å². The zero-order valence-electron chi connectivity index (χ0n) is 15.0. The molecule has 0 aliphatic heterocycles. The van der Waals surface area contributed by atoms with Crippen LogP contribution in [-0.2, 0) is 6.54 Å². The Morgan fingerprint density at radius 2 is 1.89 bits per heavy atom. The molecule has 0 amide bonds. The third-order valence-corrected chi connectivity index (χ3v) is 4.81. The maximum Gasteiger partial charge on any atom is 0.250 e. The Morgan fingerprint density at radius 3 is 2.59 bits per heavy atom. The molecule has 0 radical (unpaired) electrons. The summed E-state index contributed by atoms with van der Waals surface area (Å²) in [5, 5.41) is 9.03. The summed E-state index contributed by atoms with van der Waals surface area (Å²) in [4.78, 5) is 14.9. The van der Waals surface area contributed by atoms with Gasteiger partial charge in [-0.25, -0.2) is 0 Å². The van der Waals surface area contributed by atoms with E-state index in [2.05, 4.69) is 15.5 Å². The van der Waals surface area contributed by atoms with Crippen molar-refractivity contribution in [2.75, 3.05) is 5.32 Å². The number of pyridine rings is 1. The lowest BCUT2D eigenvalue weighted by Gasteiger charge is -2.11. The number of aromatic nitrogens is 2. The van der Waals surface area contributed by atoms with E-state index >= 15 is 0 Å². The van der Waals surface area contributed by atoms with E-state index in [1.165, 1.54) is 0 Å². The van der Waals surface area contributed by atoms with Crippen LogP contribution in [0.1, 0.15) is 17.0 Å². The Hall–Kier alpha value is -3.05. The highest BCUT2D eigenvalue weighted by atomic mass is 35.5. The maximum absolute atomic E-state index is 12.0. The van der Waals surface area contributed by atoms with Crippen molar-refractivity contribution in [2.45, 2.75) is 20.4 Å². The van der Waals surface area contributed by atoms with Crippen molar-refractivity contribution in [1.29, 1.82) is 0 Å². The van der Waals surface area contributed by atoms with Gasteiger partial charge in [0.2, 0.25) is 5.56 Å². The standard InChI is InChI=1S/C21H18ClN3O2/c1-12-21(13(2)27-25-12)15-5-8-18-17(9-15)19(10-20(26)24-18)23-11-14-3-6-16(22)7-4-14/h3-10H,11H2,1-2H3,(H2,23,24,26). The van der Waals surface area contributed by atoms with E-state index in [-0.39, 0.29) is 5.56 Å². The molecular weight excluding hydrogens is 362 g/mol. The van der Waals surface area contributed by atoms with Crippen molar-refractivity contribution in [2.24, 2.45) is 0 Å². The van der Waals surface area contributed by atoms with Crippen molar-refractivity contribution in [3.05, 3.63) is 80.9 Å². The Labute approximate surface area is 161 Å². The normalized spacial score (nSPS) is 11.1. The lowest BCUT2D eigenvalue weighted by Crippen LogP contribution is -2.08. The van der Waals surface area contributed by atoms with Gasteiger partial charge in [0.25, 0.3) is 0 Å². The monoisotopic (exact) mass is 379 g/mol. The zero-order chi connectivity index (χ0) is 19.0. The van der Waals surface area contributed by atoms with Crippen LogP contribution in [0.2, 0.25) is 5.02 Å². The summed E-state index contributed by atoms with van der Waals surface area (Å²) in [6.07, 6.45) is 0. The molecule has 4 aromatic rings. The van der Waals surface area contributed by atoms with Crippen LogP contribution >= 0.6 is 11.6 Å². The molecule has 4 rings (SSSR count). The number of fused-ring (bicyclic) bond motifs is 1. The fourth-order valence-corrected chi connectivity index (χ4v) is 3.38. The first-order chi connectivity index (χ1) is 13.0. The third kappa shape index (κ3) is 3.46. The number of rotatable bonds is 4.